The maximum Gasteiger partial charge on any atom is 0.388 e. The summed E-state index contributed by atoms with van der Waals surface area (Å²) in [5.41, 5.74) is 0.665. The van der Waals surface area contributed by atoms with E-state index in [0.29, 0.717) is 11.5 Å². The molecular weight excluding hydrogens is 316 g/mol. The van der Waals surface area contributed by atoms with Crippen LogP contribution in [0.4, 0.5) is 13.6 Å². The number of pyridine rings is 1. The van der Waals surface area contributed by atoms with E-state index in [9.17, 15) is 13.6 Å². The molecule has 2 aliphatic rings. The van der Waals surface area contributed by atoms with Gasteiger partial charge in [-0.15, -0.1) is 0 Å². The molecule has 2 aliphatic carbocycles. The van der Waals surface area contributed by atoms with E-state index in [1.807, 2.05) is 0 Å². The zero-order valence-corrected chi connectivity index (χ0v) is 13.5. The number of hydrogen-bond donors (Lipinski definition) is 2. The Bertz CT molecular complexity index is 571. The standard InChI is InChI=1S/C17H23F2N3O2/c18-16(19)24-15-9-11(7-8-20-15)10-21-17(23)22-14-6-2-4-12-3-1-5-13(12)14/h7-9,12-14,16H,1-6,10H2,(H2,21,22,23)/t12-,13+,14-/m0/s1. The minimum absolute atomic E-state index is 0.147. The van der Waals surface area contributed by atoms with Crippen LogP contribution in [0.1, 0.15) is 44.1 Å². The van der Waals surface area contributed by atoms with Crippen molar-refractivity contribution >= 4 is 6.03 Å². The van der Waals surface area contributed by atoms with Gasteiger partial charge in [0.05, 0.1) is 0 Å². The molecule has 0 radical (unpaired) electrons. The molecule has 0 bridgehead atoms. The first-order valence-electron chi connectivity index (χ1n) is 8.56. The number of nitrogens with one attached hydrogen (secondary N) is 2. The van der Waals surface area contributed by atoms with Crippen molar-refractivity contribution in [1.82, 2.24) is 15.6 Å². The van der Waals surface area contributed by atoms with Gasteiger partial charge in [0, 0.05) is 24.8 Å². The van der Waals surface area contributed by atoms with Gasteiger partial charge in [-0.1, -0.05) is 25.7 Å². The van der Waals surface area contributed by atoms with Gasteiger partial charge in [-0.05, 0) is 36.3 Å². The number of urea groups is 1. The van der Waals surface area contributed by atoms with Gasteiger partial charge in [0.1, 0.15) is 0 Å². The Kier molecular flexibility index (Phi) is 5.48. The van der Waals surface area contributed by atoms with E-state index < -0.39 is 6.61 Å². The summed E-state index contributed by atoms with van der Waals surface area (Å²) in [7, 11) is 0. The van der Waals surface area contributed by atoms with Crippen LogP contribution in [-0.2, 0) is 6.54 Å². The molecule has 1 aromatic rings. The van der Waals surface area contributed by atoms with E-state index >= 15 is 0 Å². The fourth-order valence-corrected chi connectivity index (χ4v) is 4.06. The quantitative estimate of drug-likeness (QED) is 0.864. The van der Waals surface area contributed by atoms with Crippen molar-refractivity contribution in [3.63, 3.8) is 0 Å². The zero-order chi connectivity index (χ0) is 16.9. The lowest BCUT2D eigenvalue weighted by Crippen LogP contribution is -2.47. The average molecular weight is 339 g/mol. The van der Waals surface area contributed by atoms with E-state index in [1.165, 1.54) is 44.4 Å². The summed E-state index contributed by atoms with van der Waals surface area (Å²) in [6.45, 7) is -2.66. The van der Waals surface area contributed by atoms with Gasteiger partial charge in [0.25, 0.3) is 0 Å². The molecule has 0 unspecified atom stereocenters. The largest absolute Gasteiger partial charge is 0.417 e. The number of hydrogen-bond acceptors (Lipinski definition) is 3. The van der Waals surface area contributed by atoms with Crippen LogP contribution in [0, 0.1) is 11.8 Å². The zero-order valence-electron chi connectivity index (χ0n) is 13.5. The first-order valence-corrected chi connectivity index (χ1v) is 8.56. The molecule has 3 atom stereocenters. The highest BCUT2D eigenvalue weighted by Gasteiger charge is 2.37. The van der Waals surface area contributed by atoms with Gasteiger partial charge in [-0.25, -0.2) is 9.78 Å². The molecule has 0 aromatic carbocycles. The Morgan fingerprint density at radius 2 is 2.08 bits per heavy atom. The third kappa shape index (κ3) is 4.33. The number of amides is 2. The maximum atomic E-state index is 12.2. The summed E-state index contributed by atoms with van der Waals surface area (Å²) >= 11 is 0. The monoisotopic (exact) mass is 339 g/mol. The summed E-state index contributed by atoms with van der Waals surface area (Å²) in [6.07, 6.45) is 8.63. The molecule has 3 rings (SSSR count). The van der Waals surface area contributed by atoms with Crippen molar-refractivity contribution in [3.8, 4) is 5.88 Å². The molecule has 5 nitrogen and oxygen atoms in total. The lowest BCUT2D eigenvalue weighted by atomic mass is 9.78. The number of aromatic nitrogens is 1. The third-order valence-corrected chi connectivity index (χ3v) is 5.10. The Morgan fingerprint density at radius 3 is 2.88 bits per heavy atom. The molecular formula is C17H23F2N3O2. The number of alkyl halides is 2. The lowest BCUT2D eigenvalue weighted by molar-refractivity contribution is -0.0529. The van der Waals surface area contributed by atoms with Gasteiger partial charge in [0.2, 0.25) is 5.88 Å². The highest BCUT2D eigenvalue weighted by atomic mass is 19.3. The second-order valence-electron chi connectivity index (χ2n) is 6.60. The van der Waals surface area contributed by atoms with Crippen LogP contribution in [0.15, 0.2) is 18.3 Å². The van der Waals surface area contributed by atoms with E-state index in [-0.39, 0.29) is 24.5 Å². The minimum atomic E-state index is -2.91. The second-order valence-corrected chi connectivity index (χ2v) is 6.60. The van der Waals surface area contributed by atoms with Crippen LogP contribution in [0.25, 0.3) is 0 Å². The molecule has 0 spiro atoms. The van der Waals surface area contributed by atoms with Crippen molar-refractivity contribution < 1.29 is 18.3 Å². The van der Waals surface area contributed by atoms with Crippen LogP contribution in [0.3, 0.4) is 0 Å². The van der Waals surface area contributed by atoms with E-state index in [0.717, 1.165) is 12.3 Å². The summed E-state index contributed by atoms with van der Waals surface area (Å²) in [4.78, 5) is 15.9. The van der Waals surface area contributed by atoms with Gasteiger partial charge in [-0.2, -0.15) is 8.78 Å². The Morgan fingerprint density at radius 1 is 1.29 bits per heavy atom. The summed E-state index contributed by atoms with van der Waals surface area (Å²) in [6, 6.07) is 3.11. The van der Waals surface area contributed by atoms with Crippen molar-refractivity contribution in [2.45, 2.75) is 57.7 Å². The number of carbonyl (C=O) groups excluding carboxylic acids is 1. The lowest BCUT2D eigenvalue weighted by Gasteiger charge is -2.34. The average Bonchev–Trinajstić information content (AvgIpc) is 3.02. The van der Waals surface area contributed by atoms with Crippen LogP contribution in [0.2, 0.25) is 0 Å². The molecule has 0 aliphatic heterocycles. The number of rotatable bonds is 5. The molecule has 1 heterocycles. The van der Waals surface area contributed by atoms with Gasteiger partial charge in [0.15, 0.2) is 0 Å². The molecule has 24 heavy (non-hydrogen) atoms. The summed E-state index contributed by atoms with van der Waals surface area (Å²) in [5.74, 6) is 1.22. The summed E-state index contributed by atoms with van der Waals surface area (Å²) in [5, 5.41) is 5.88. The smallest absolute Gasteiger partial charge is 0.388 e. The maximum absolute atomic E-state index is 12.2. The van der Waals surface area contributed by atoms with Crippen LogP contribution in [0.5, 0.6) is 5.88 Å². The molecule has 2 saturated carbocycles. The first kappa shape index (κ1) is 16.9. The Hall–Kier alpha value is -1.92. The molecule has 2 N–H and O–H groups in total. The predicted octanol–water partition coefficient (Wildman–Crippen LogP) is 3.45. The van der Waals surface area contributed by atoms with Crippen LogP contribution < -0.4 is 15.4 Å². The normalized spacial score (nSPS) is 26.0. The molecule has 2 amide bonds. The van der Waals surface area contributed by atoms with E-state index in [1.54, 1.807) is 6.07 Å². The molecule has 7 heteroatoms. The summed E-state index contributed by atoms with van der Waals surface area (Å²) < 4.78 is 28.6. The highest BCUT2D eigenvalue weighted by molar-refractivity contribution is 5.74. The van der Waals surface area contributed by atoms with Crippen molar-refractivity contribution in [3.05, 3.63) is 23.9 Å². The molecule has 0 saturated heterocycles. The van der Waals surface area contributed by atoms with Gasteiger partial charge < -0.3 is 15.4 Å². The number of fused-ring (bicyclic) bond motifs is 1. The number of ether oxygens (including phenoxy) is 1. The van der Waals surface area contributed by atoms with E-state index in [4.69, 9.17) is 0 Å². The highest BCUT2D eigenvalue weighted by Crippen LogP contribution is 2.42. The number of nitrogens with zero attached hydrogens (tertiary/aromatic N) is 1. The van der Waals surface area contributed by atoms with Gasteiger partial charge >= 0.3 is 12.6 Å². The topological polar surface area (TPSA) is 63.2 Å². The van der Waals surface area contributed by atoms with Crippen LogP contribution >= 0.6 is 0 Å². The predicted molar refractivity (Wildman–Crippen MR) is 84.7 cm³/mol. The fourth-order valence-electron chi connectivity index (χ4n) is 4.06. The molecule has 1 aromatic heterocycles. The van der Waals surface area contributed by atoms with Crippen molar-refractivity contribution in [2.75, 3.05) is 0 Å². The van der Waals surface area contributed by atoms with Gasteiger partial charge in [-0.3, -0.25) is 0 Å². The minimum Gasteiger partial charge on any atom is -0.417 e. The van der Waals surface area contributed by atoms with Crippen LogP contribution in [-0.4, -0.2) is 23.7 Å². The Balaban J connectivity index is 1.48. The van der Waals surface area contributed by atoms with Crippen molar-refractivity contribution in [2.24, 2.45) is 11.8 Å². The SMILES string of the molecule is O=C(NCc1ccnc(OC(F)F)c1)N[C@H]1CCC[C@@H]2CCC[C@H]21. The fraction of sp³-hybridized carbons (Fsp3) is 0.647. The first-order chi connectivity index (χ1) is 11.6. The van der Waals surface area contributed by atoms with Crippen molar-refractivity contribution in [1.29, 1.82) is 0 Å². The molecule has 132 valence electrons. The number of halogens is 2. The van der Waals surface area contributed by atoms with E-state index in [2.05, 4.69) is 20.4 Å². The number of carbonyl (C=O) groups is 1. The second kappa shape index (κ2) is 7.77. The Labute approximate surface area is 140 Å². The third-order valence-electron chi connectivity index (χ3n) is 5.10. The molecule has 2 fully saturated rings.